The lowest BCUT2D eigenvalue weighted by Gasteiger charge is -2.32. The number of ether oxygens (including phenoxy) is 1. The molecule has 176 valence electrons. The van der Waals surface area contributed by atoms with Gasteiger partial charge in [0.1, 0.15) is 0 Å². The van der Waals surface area contributed by atoms with E-state index >= 15 is 0 Å². The molecule has 5 N–H and O–H groups in total. The molecule has 3 unspecified atom stereocenters. The van der Waals surface area contributed by atoms with Crippen LogP contribution >= 0.6 is 0 Å². The minimum Gasteiger partial charge on any atom is -0.378 e. The lowest BCUT2D eigenvalue weighted by Crippen LogP contribution is -2.49. The molecule has 0 bridgehead atoms. The SMILES string of the molecule is CCC(NC1CCCCC1)C(CNc1nc2ccc(C)cc2nc1C(=O)NC(C)N)OC. The number of nitrogens with two attached hydrogens (primary N) is 1. The van der Waals surface area contributed by atoms with Crippen molar-refractivity contribution >= 4 is 22.8 Å². The van der Waals surface area contributed by atoms with Crippen LogP contribution in [0.4, 0.5) is 5.82 Å². The van der Waals surface area contributed by atoms with Crippen LogP contribution in [0.15, 0.2) is 18.2 Å². The van der Waals surface area contributed by atoms with E-state index in [1.54, 1.807) is 14.0 Å². The Morgan fingerprint density at radius 2 is 1.97 bits per heavy atom. The summed E-state index contributed by atoms with van der Waals surface area (Å²) >= 11 is 0. The fourth-order valence-corrected chi connectivity index (χ4v) is 4.37. The molecule has 3 atom stereocenters. The van der Waals surface area contributed by atoms with Crippen molar-refractivity contribution in [2.75, 3.05) is 19.0 Å². The molecule has 8 nitrogen and oxygen atoms in total. The molecular weight excluding hydrogens is 404 g/mol. The second-order valence-corrected chi connectivity index (χ2v) is 8.85. The van der Waals surface area contributed by atoms with Crippen LogP contribution in [0.25, 0.3) is 11.0 Å². The van der Waals surface area contributed by atoms with Gasteiger partial charge in [0.2, 0.25) is 0 Å². The van der Waals surface area contributed by atoms with E-state index in [2.05, 4.69) is 27.9 Å². The maximum atomic E-state index is 12.8. The van der Waals surface area contributed by atoms with E-state index in [0.717, 1.165) is 17.5 Å². The number of methoxy groups -OCH3 is 1. The van der Waals surface area contributed by atoms with E-state index in [0.29, 0.717) is 23.9 Å². The Balaban J connectivity index is 1.80. The van der Waals surface area contributed by atoms with Crippen molar-refractivity contribution in [1.82, 2.24) is 20.6 Å². The second-order valence-electron chi connectivity index (χ2n) is 8.85. The first-order valence-electron chi connectivity index (χ1n) is 11.8. The summed E-state index contributed by atoms with van der Waals surface area (Å²) in [5.74, 6) is 0.0915. The van der Waals surface area contributed by atoms with Crippen LogP contribution in [0.3, 0.4) is 0 Å². The Kier molecular flexibility index (Phi) is 8.78. The third-order valence-corrected chi connectivity index (χ3v) is 6.11. The van der Waals surface area contributed by atoms with Gasteiger partial charge in [0.25, 0.3) is 5.91 Å². The number of aromatic nitrogens is 2. The van der Waals surface area contributed by atoms with Crippen molar-refractivity contribution in [3.8, 4) is 0 Å². The number of carbonyl (C=O) groups is 1. The second kappa shape index (κ2) is 11.5. The highest BCUT2D eigenvalue weighted by Gasteiger charge is 2.25. The van der Waals surface area contributed by atoms with Crippen molar-refractivity contribution < 1.29 is 9.53 Å². The smallest absolute Gasteiger partial charge is 0.274 e. The summed E-state index contributed by atoms with van der Waals surface area (Å²) < 4.78 is 5.84. The number of aryl methyl sites for hydroxylation is 1. The quantitative estimate of drug-likeness (QED) is 0.418. The summed E-state index contributed by atoms with van der Waals surface area (Å²) in [5.41, 5.74) is 8.49. The number of nitrogens with one attached hydrogen (secondary N) is 3. The standard InChI is InChI=1S/C24H38N6O2/c1-5-18(28-17-9-7-6-8-10-17)21(32-4)14-26-23-22(24(31)27-16(3)25)29-20-13-15(2)11-12-19(20)30-23/h11-13,16-18,21,28H,5-10,14,25H2,1-4H3,(H,26,30)(H,27,31). The number of fused-ring (bicyclic) bond motifs is 1. The topological polar surface area (TPSA) is 114 Å². The van der Waals surface area contributed by atoms with Gasteiger partial charge in [-0.1, -0.05) is 32.3 Å². The number of nitrogens with zero attached hydrogens (tertiary/aromatic N) is 2. The molecule has 0 spiro atoms. The molecule has 32 heavy (non-hydrogen) atoms. The van der Waals surface area contributed by atoms with Crippen LogP contribution in [-0.4, -0.2) is 53.9 Å². The Hall–Kier alpha value is -2.29. The lowest BCUT2D eigenvalue weighted by molar-refractivity contribution is 0.0698. The first-order chi connectivity index (χ1) is 15.4. The fraction of sp³-hybridized carbons (Fsp3) is 0.625. The molecule has 1 saturated carbocycles. The predicted octanol–water partition coefficient (Wildman–Crippen LogP) is 3.10. The van der Waals surface area contributed by atoms with Crippen LogP contribution in [0.1, 0.15) is 68.4 Å². The van der Waals surface area contributed by atoms with Gasteiger partial charge in [-0.25, -0.2) is 9.97 Å². The van der Waals surface area contributed by atoms with Gasteiger partial charge in [-0.2, -0.15) is 0 Å². The van der Waals surface area contributed by atoms with Gasteiger partial charge in [-0.05, 0) is 50.8 Å². The summed E-state index contributed by atoms with van der Waals surface area (Å²) in [4.78, 5) is 22.1. The summed E-state index contributed by atoms with van der Waals surface area (Å²) in [6.45, 7) is 6.39. The number of rotatable bonds is 10. The highest BCUT2D eigenvalue weighted by molar-refractivity contribution is 5.99. The van der Waals surface area contributed by atoms with Crippen molar-refractivity contribution in [3.63, 3.8) is 0 Å². The monoisotopic (exact) mass is 442 g/mol. The average Bonchev–Trinajstić information content (AvgIpc) is 2.78. The number of carbonyl (C=O) groups excluding carboxylic acids is 1. The molecule has 0 saturated heterocycles. The molecule has 2 aromatic rings. The van der Waals surface area contributed by atoms with Crippen LogP contribution in [0.5, 0.6) is 0 Å². The van der Waals surface area contributed by atoms with Crippen LogP contribution in [0.2, 0.25) is 0 Å². The molecule has 1 aliphatic rings. The van der Waals surface area contributed by atoms with Crippen molar-refractivity contribution in [2.45, 2.75) is 83.6 Å². The molecule has 1 aromatic carbocycles. The fourth-order valence-electron chi connectivity index (χ4n) is 4.37. The molecule has 0 radical (unpaired) electrons. The molecule has 3 rings (SSSR count). The molecular formula is C24H38N6O2. The van der Waals surface area contributed by atoms with Gasteiger partial charge in [-0.15, -0.1) is 0 Å². The maximum Gasteiger partial charge on any atom is 0.274 e. The maximum absolute atomic E-state index is 12.8. The number of anilines is 1. The van der Waals surface area contributed by atoms with Crippen molar-refractivity contribution in [3.05, 3.63) is 29.5 Å². The summed E-state index contributed by atoms with van der Waals surface area (Å²) in [7, 11) is 1.73. The molecule has 1 heterocycles. The summed E-state index contributed by atoms with van der Waals surface area (Å²) in [6.07, 6.45) is 6.74. The first kappa shape index (κ1) is 24.4. The molecule has 1 aliphatic carbocycles. The van der Waals surface area contributed by atoms with E-state index in [4.69, 9.17) is 15.5 Å². The Morgan fingerprint density at radius 1 is 1.22 bits per heavy atom. The van der Waals surface area contributed by atoms with Gasteiger partial charge in [0.15, 0.2) is 11.5 Å². The van der Waals surface area contributed by atoms with Gasteiger partial charge in [-0.3, -0.25) is 4.79 Å². The molecule has 1 fully saturated rings. The summed E-state index contributed by atoms with van der Waals surface area (Å²) in [6, 6.07) is 6.59. The van der Waals surface area contributed by atoms with E-state index < -0.39 is 6.17 Å². The molecule has 1 amide bonds. The Morgan fingerprint density at radius 3 is 2.62 bits per heavy atom. The minimum atomic E-state index is -0.485. The minimum absolute atomic E-state index is 0.0678. The molecule has 8 heteroatoms. The molecule has 0 aliphatic heterocycles. The van der Waals surface area contributed by atoms with Gasteiger partial charge >= 0.3 is 0 Å². The van der Waals surface area contributed by atoms with E-state index in [1.807, 2.05) is 25.1 Å². The van der Waals surface area contributed by atoms with Gasteiger partial charge in [0.05, 0.1) is 23.3 Å². The number of amides is 1. The summed E-state index contributed by atoms with van der Waals surface area (Å²) in [5, 5.41) is 9.85. The average molecular weight is 443 g/mol. The zero-order valence-corrected chi connectivity index (χ0v) is 19.8. The van der Waals surface area contributed by atoms with Gasteiger partial charge in [0, 0.05) is 25.7 Å². The zero-order chi connectivity index (χ0) is 23.1. The highest BCUT2D eigenvalue weighted by atomic mass is 16.5. The number of benzene rings is 1. The van der Waals surface area contributed by atoms with Crippen molar-refractivity contribution in [1.29, 1.82) is 0 Å². The van der Waals surface area contributed by atoms with Crippen LogP contribution in [-0.2, 0) is 4.74 Å². The zero-order valence-electron chi connectivity index (χ0n) is 19.8. The van der Waals surface area contributed by atoms with E-state index in [9.17, 15) is 4.79 Å². The van der Waals surface area contributed by atoms with Crippen molar-refractivity contribution in [2.24, 2.45) is 5.73 Å². The third kappa shape index (κ3) is 6.37. The van der Waals surface area contributed by atoms with Gasteiger partial charge < -0.3 is 26.4 Å². The van der Waals surface area contributed by atoms with Crippen LogP contribution in [0, 0.1) is 6.92 Å². The lowest BCUT2D eigenvalue weighted by atomic mass is 9.94. The normalized spacial score (nSPS) is 17.7. The third-order valence-electron chi connectivity index (χ3n) is 6.11. The van der Waals surface area contributed by atoms with E-state index in [1.165, 1.54) is 32.1 Å². The molecule has 1 aromatic heterocycles. The number of hydrogen-bond donors (Lipinski definition) is 4. The number of hydrogen-bond acceptors (Lipinski definition) is 7. The first-order valence-corrected chi connectivity index (χ1v) is 11.8. The Bertz CT molecular complexity index is 897. The largest absolute Gasteiger partial charge is 0.378 e. The van der Waals surface area contributed by atoms with Crippen LogP contribution < -0.4 is 21.7 Å². The predicted molar refractivity (Wildman–Crippen MR) is 129 cm³/mol. The van der Waals surface area contributed by atoms with E-state index in [-0.39, 0.29) is 23.7 Å². The highest BCUT2D eigenvalue weighted by Crippen LogP contribution is 2.21. The Labute approximate surface area is 191 Å².